The topological polar surface area (TPSA) is 70.2 Å². The van der Waals surface area contributed by atoms with Crippen LogP contribution in [0.5, 0.6) is 0 Å². The molecule has 2 heterocycles. The van der Waals surface area contributed by atoms with E-state index < -0.39 is 0 Å². The molecule has 1 aromatic heterocycles. The Morgan fingerprint density at radius 3 is 3.11 bits per heavy atom. The average molecular weight is 286 g/mol. The third-order valence-corrected chi connectivity index (χ3v) is 3.10. The molecule has 2 N–H and O–H groups in total. The molecule has 1 unspecified atom stereocenters. The summed E-state index contributed by atoms with van der Waals surface area (Å²) >= 11 is 0. The second-order valence-electron chi connectivity index (χ2n) is 4.41. The molecule has 0 spiro atoms. The molecule has 1 atom stereocenters. The molecule has 2 rings (SSSR count). The number of likely N-dealkylation sites (N-methyl/N-ethyl adjacent to an activating group) is 1. The molecule has 1 aromatic rings. The van der Waals surface area contributed by atoms with Crippen molar-refractivity contribution in [1.82, 2.24) is 20.8 Å². The zero-order valence-electron chi connectivity index (χ0n) is 11.0. The van der Waals surface area contributed by atoms with E-state index in [1.165, 1.54) is 0 Å². The van der Waals surface area contributed by atoms with Gasteiger partial charge in [0.1, 0.15) is 0 Å². The number of nitrogens with zero attached hydrogens (tertiary/aromatic N) is 3. The maximum absolute atomic E-state index is 11.4. The number of halogens is 1. The van der Waals surface area contributed by atoms with E-state index >= 15 is 0 Å². The van der Waals surface area contributed by atoms with Crippen molar-refractivity contribution in [3.8, 4) is 0 Å². The van der Waals surface area contributed by atoms with Crippen molar-refractivity contribution in [2.45, 2.75) is 18.9 Å². The molecule has 19 heavy (non-hydrogen) atoms. The van der Waals surface area contributed by atoms with Crippen molar-refractivity contribution in [3.05, 3.63) is 18.3 Å². The van der Waals surface area contributed by atoms with Crippen molar-refractivity contribution in [2.75, 3.05) is 31.6 Å². The van der Waals surface area contributed by atoms with Gasteiger partial charge in [0.25, 0.3) is 0 Å². The van der Waals surface area contributed by atoms with E-state index in [-0.39, 0.29) is 18.3 Å². The van der Waals surface area contributed by atoms with Crippen molar-refractivity contribution < 1.29 is 4.79 Å². The summed E-state index contributed by atoms with van der Waals surface area (Å²) in [5.74, 6) is 0.923. The fourth-order valence-corrected chi connectivity index (χ4v) is 2.25. The average Bonchev–Trinajstić information content (AvgIpc) is 2.86. The quantitative estimate of drug-likeness (QED) is 0.809. The van der Waals surface area contributed by atoms with E-state index in [9.17, 15) is 4.79 Å². The largest absolute Gasteiger partial charge is 0.353 e. The molecule has 0 bridgehead atoms. The summed E-state index contributed by atoms with van der Waals surface area (Å²) in [6.07, 6.45) is 3.88. The summed E-state index contributed by atoms with van der Waals surface area (Å²) in [6, 6.07) is 4.17. The van der Waals surface area contributed by atoms with Crippen molar-refractivity contribution in [3.63, 3.8) is 0 Å². The van der Waals surface area contributed by atoms with Gasteiger partial charge in [-0.3, -0.25) is 4.79 Å². The standard InChI is InChI=1S/C12H19N5O.ClH/c1-13-9-12(18)14-8-10-4-3-7-17(10)11-5-2-6-15-16-11;/h2,5-6,10,13H,3-4,7-9H2,1H3,(H,14,18);1H. The molecular weight excluding hydrogens is 266 g/mol. The minimum atomic E-state index is 0. The first-order valence-electron chi connectivity index (χ1n) is 6.27. The first kappa shape index (κ1) is 15.7. The number of carbonyl (C=O) groups excluding carboxylic acids is 1. The summed E-state index contributed by atoms with van der Waals surface area (Å²) in [5, 5.41) is 13.8. The van der Waals surface area contributed by atoms with Gasteiger partial charge in [-0.2, -0.15) is 5.10 Å². The van der Waals surface area contributed by atoms with Crippen LogP contribution in [-0.4, -0.2) is 48.8 Å². The van der Waals surface area contributed by atoms with Crippen LogP contribution in [0, 0.1) is 0 Å². The van der Waals surface area contributed by atoms with Crippen LogP contribution in [0.2, 0.25) is 0 Å². The molecule has 0 saturated carbocycles. The fraction of sp³-hybridized carbons (Fsp3) is 0.583. The first-order valence-corrected chi connectivity index (χ1v) is 6.27. The zero-order chi connectivity index (χ0) is 12.8. The van der Waals surface area contributed by atoms with Gasteiger partial charge in [0.15, 0.2) is 5.82 Å². The highest BCUT2D eigenvalue weighted by Crippen LogP contribution is 2.22. The second-order valence-corrected chi connectivity index (χ2v) is 4.41. The summed E-state index contributed by atoms with van der Waals surface area (Å²) in [4.78, 5) is 13.6. The molecule has 7 heteroatoms. The van der Waals surface area contributed by atoms with E-state index in [4.69, 9.17) is 0 Å². The monoisotopic (exact) mass is 285 g/mol. The molecule has 1 aliphatic rings. The van der Waals surface area contributed by atoms with Crippen LogP contribution in [0.15, 0.2) is 18.3 Å². The summed E-state index contributed by atoms with van der Waals surface area (Å²) in [6.45, 7) is 2.00. The van der Waals surface area contributed by atoms with Crippen molar-refractivity contribution in [2.24, 2.45) is 0 Å². The maximum atomic E-state index is 11.4. The highest BCUT2D eigenvalue weighted by Gasteiger charge is 2.25. The van der Waals surface area contributed by atoms with E-state index in [0.29, 0.717) is 19.1 Å². The summed E-state index contributed by atoms with van der Waals surface area (Å²) < 4.78 is 0. The van der Waals surface area contributed by atoms with Gasteiger partial charge in [-0.25, -0.2) is 0 Å². The van der Waals surface area contributed by atoms with Crippen molar-refractivity contribution >= 4 is 24.1 Å². The summed E-state index contributed by atoms with van der Waals surface area (Å²) in [7, 11) is 1.76. The van der Waals surface area contributed by atoms with Crippen LogP contribution in [0.1, 0.15) is 12.8 Å². The molecule has 1 saturated heterocycles. The van der Waals surface area contributed by atoms with Gasteiger partial charge in [0.05, 0.1) is 6.54 Å². The molecule has 6 nitrogen and oxygen atoms in total. The van der Waals surface area contributed by atoms with Crippen LogP contribution in [-0.2, 0) is 4.79 Å². The predicted molar refractivity (Wildman–Crippen MR) is 76.6 cm³/mol. The Labute approximate surface area is 119 Å². The van der Waals surface area contributed by atoms with E-state index in [0.717, 1.165) is 25.2 Å². The number of hydrogen-bond acceptors (Lipinski definition) is 5. The molecule has 1 amide bonds. The van der Waals surface area contributed by atoms with E-state index in [1.54, 1.807) is 13.2 Å². The van der Waals surface area contributed by atoms with Gasteiger partial charge in [0, 0.05) is 25.3 Å². The second kappa shape index (κ2) is 7.91. The molecule has 0 aromatic carbocycles. The Balaban J connectivity index is 0.00000180. The smallest absolute Gasteiger partial charge is 0.234 e. The molecule has 1 aliphatic heterocycles. The summed E-state index contributed by atoms with van der Waals surface area (Å²) in [5.41, 5.74) is 0. The van der Waals surface area contributed by atoms with Gasteiger partial charge >= 0.3 is 0 Å². The fourth-order valence-electron chi connectivity index (χ4n) is 2.25. The minimum Gasteiger partial charge on any atom is -0.353 e. The lowest BCUT2D eigenvalue weighted by Gasteiger charge is -2.25. The molecule has 1 fully saturated rings. The van der Waals surface area contributed by atoms with Gasteiger partial charge in [-0.05, 0) is 32.0 Å². The molecule has 0 radical (unpaired) electrons. The number of nitrogens with one attached hydrogen (secondary N) is 2. The van der Waals surface area contributed by atoms with Crippen molar-refractivity contribution in [1.29, 1.82) is 0 Å². The molecular formula is C12H20ClN5O. The third kappa shape index (κ3) is 4.33. The van der Waals surface area contributed by atoms with Crippen LogP contribution in [0.4, 0.5) is 5.82 Å². The number of hydrogen-bond donors (Lipinski definition) is 2. The lowest BCUT2D eigenvalue weighted by molar-refractivity contribution is -0.120. The number of amides is 1. The van der Waals surface area contributed by atoms with Crippen LogP contribution in [0.3, 0.4) is 0 Å². The number of anilines is 1. The van der Waals surface area contributed by atoms with Crippen LogP contribution in [0.25, 0.3) is 0 Å². The number of rotatable bonds is 5. The highest BCUT2D eigenvalue weighted by atomic mass is 35.5. The lowest BCUT2D eigenvalue weighted by Crippen LogP contribution is -2.42. The van der Waals surface area contributed by atoms with Gasteiger partial charge in [-0.15, -0.1) is 17.5 Å². The Morgan fingerprint density at radius 1 is 1.58 bits per heavy atom. The van der Waals surface area contributed by atoms with E-state index in [1.807, 2.05) is 12.1 Å². The Bertz CT molecular complexity index is 389. The lowest BCUT2D eigenvalue weighted by atomic mass is 10.2. The zero-order valence-corrected chi connectivity index (χ0v) is 11.8. The Morgan fingerprint density at radius 2 is 2.42 bits per heavy atom. The third-order valence-electron chi connectivity index (χ3n) is 3.10. The Hall–Kier alpha value is -1.40. The van der Waals surface area contributed by atoms with E-state index in [2.05, 4.69) is 25.7 Å². The first-order chi connectivity index (χ1) is 8.81. The van der Waals surface area contributed by atoms with Gasteiger partial charge in [0.2, 0.25) is 5.91 Å². The number of aromatic nitrogens is 2. The predicted octanol–water partition coefficient (Wildman–Crippen LogP) is 0.203. The van der Waals surface area contributed by atoms with Crippen LogP contribution < -0.4 is 15.5 Å². The maximum Gasteiger partial charge on any atom is 0.234 e. The SMILES string of the molecule is CNCC(=O)NCC1CCCN1c1cccnn1.Cl. The minimum absolute atomic E-state index is 0. The number of carbonyl (C=O) groups is 1. The van der Waals surface area contributed by atoms with Gasteiger partial charge < -0.3 is 15.5 Å². The van der Waals surface area contributed by atoms with Gasteiger partial charge in [-0.1, -0.05) is 0 Å². The molecule has 0 aliphatic carbocycles. The highest BCUT2D eigenvalue weighted by molar-refractivity contribution is 5.85. The molecule has 106 valence electrons. The van der Waals surface area contributed by atoms with Crippen LogP contribution >= 0.6 is 12.4 Å². The normalized spacial score (nSPS) is 17.9. The Kier molecular flexibility index (Phi) is 6.52.